The molecule has 0 bridgehead atoms. The standard InChI is InChI=1S/C27H40O3/c1-5-30-24(29)9-6-16(2)20-7-8-21-25-19-15-18(19)23-14-17(28)10-12-27(23,4)22(25)11-13-26(20,21)3/h14,16,18-22,25H,5-13,15H2,1-4H3/t16-,18+,19-,20?,21?,22?,25?,26-,27-/m1/s1. The Labute approximate surface area is 182 Å². The Morgan fingerprint density at radius 2 is 2.00 bits per heavy atom. The predicted octanol–water partition coefficient (Wildman–Crippen LogP) is 5.97. The number of ketones is 1. The molecule has 0 amide bonds. The van der Waals surface area contributed by atoms with Crippen molar-refractivity contribution in [3.8, 4) is 0 Å². The molecular formula is C27H40O3. The second kappa shape index (κ2) is 7.20. The molecule has 0 saturated heterocycles. The molecule has 0 aliphatic heterocycles. The van der Waals surface area contributed by atoms with Crippen LogP contribution in [0.4, 0.5) is 0 Å². The number of hydrogen-bond donors (Lipinski definition) is 0. The molecule has 30 heavy (non-hydrogen) atoms. The Balaban J connectivity index is 1.35. The highest BCUT2D eigenvalue weighted by Crippen LogP contribution is 2.74. The van der Waals surface area contributed by atoms with Gasteiger partial charge in [-0.15, -0.1) is 0 Å². The van der Waals surface area contributed by atoms with E-state index in [4.69, 9.17) is 4.74 Å². The summed E-state index contributed by atoms with van der Waals surface area (Å²) in [7, 11) is 0. The van der Waals surface area contributed by atoms with Gasteiger partial charge in [-0.3, -0.25) is 9.59 Å². The molecule has 0 heterocycles. The molecule has 0 spiro atoms. The van der Waals surface area contributed by atoms with Gasteiger partial charge in [0.25, 0.3) is 0 Å². The van der Waals surface area contributed by atoms with Crippen molar-refractivity contribution in [1.29, 1.82) is 0 Å². The fourth-order valence-corrected chi connectivity index (χ4v) is 9.16. The molecule has 3 heteroatoms. The molecule has 5 rings (SSSR count). The van der Waals surface area contributed by atoms with E-state index in [-0.39, 0.29) is 11.4 Å². The first-order chi connectivity index (χ1) is 14.3. The van der Waals surface area contributed by atoms with E-state index in [2.05, 4.69) is 26.8 Å². The van der Waals surface area contributed by atoms with Gasteiger partial charge in [0.05, 0.1) is 6.61 Å². The summed E-state index contributed by atoms with van der Waals surface area (Å²) < 4.78 is 5.18. The number of carbonyl (C=O) groups is 2. The maximum absolute atomic E-state index is 12.2. The summed E-state index contributed by atoms with van der Waals surface area (Å²) in [5.74, 6) is 5.74. The van der Waals surface area contributed by atoms with Crippen molar-refractivity contribution < 1.29 is 14.3 Å². The summed E-state index contributed by atoms with van der Waals surface area (Å²) in [6.07, 6.45) is 12.2. The van der Waals surface area contributed by atoms with Crippen LogP contribution in [-0.2, 0) is 14.3 Å². The van der Waals surface area contributed by atoms with E-state index in [0.717, 1.165) is 48.9 Å². The lowest BCUT2D eigenvalue weighted by Gasteiger charge is -2.58. The first-order valence-electron chi connectivity index (χ1n) is 12.7. The quantitative estimate of drug-likeness (QED) is 0.523. The second-order valence-electron chi connectivity index (χ2n) is 11.8. The van der Waals surface area contributed by atoms with Gasteiger partial charge in [-0.2, -0.15) is 0 Å². The van der Waals surface area contributed by atoms with E-state index in [0.29, 0.717) is 36.1 Å². The second-order valence-corrected chi connectivity index (χ2v) is 11.8. The molecule has 4 fully saturated rings. The van der Waals surface area contributed by atoms with Gasteiger partial charge >= 0.3 is 5.97 Å². The molecule has 0 radical (unpaired) electrons. The average Bonchev–Trinajstić information content (AvgIpc) is 3.42. The van der Waals surface area contributed by atoms with Crippen LogP contribution in [0.5, 0.6) is 0 Å². The summed E-state index contributed by atoms with van der Waals surface area (Å²) in [6.45, 7) is 9.87. The number of esters is 1. The zero-order valence-corrected chi connectivity index (χ0v) is 19.4. The molecular weight excluding hydrogens is 372 g/mol. The highest BCUT2D eigenvalue weighted by Gasteiger charge is 2.67. The first kappa shape index (κ1) is 20.8. The Morgan fingerprint density at radius 3 is 2.77 bits per heavy atom. The zero-order chi connectivity index (χ0) is 21.3. The first-order valence-corrected chi connectivity index (χ1v) is 12.7. The lowest BCUT2D eigenvalue weighted by molar-refractivity contribution is -0.143. The monoisotopic (exact) mass is 412 g/mol. The molecule has 5 aliphatic rings. The molecule has 0 aromatic heterocycles. The van der Waals surface area contributed by atoms with E-state index < -0.39 is 0 Å². The van der Waals surface area contributed by atoms with Crippen LogP contribution in [0, 0.1) is 52.3 Å². The minimum absolute atomic E-state index is 0.0278. The van der Waals surface area contributed by atoms with Gasteiger partial charge in [-0.05, 0) is 110 Å². The summed E-state index contributed by atoms with van der Waals surface area (Å²) >= 11 is 0. The molecule has 3 nitrogen and oxygen atoms in total. The van der Waals surface area contributed by atoms with E-state index in [1.807, 2.05) is 6.92 Å². The Hall–Kier alpha value is -1.12. The largest absolute Gasteiger partial charge is 0.466 e. The van der Waals surface area contributed by atoms with E-state index in [1.165, 1.54) is 32.1 Å². The molecule has 4 unspecified atom stereocenters. The fraction of sp³-hybridized carbons (Fsp3) is 0.852. The van der Waals surface area contributed by atoms with Gasteiger partial charge in [0.2, 0.25) is 0 Å². The summed E-state index contributed by atoms with van der Waals surface area (Å²) in [5, 5.41) is 0. The number of fused-ring (bicyclic) bond motifs is 8. The smallest absolute Gasteiger partial charge is 0.305 e. The Morgan fingerprint density at radius 1 is 1.20 bits per heavy atom. The lowest BCUT2D eigenvalue weighted by atomic mass is 9.46. The predicted molar refractivity (Wildman–Crippen MR) is 118 cm³/mol. The maximum Gasteiger partial charge on any atom is 0.305 e. The highest BCUT2D eigenvalue weighted by molar-refractivity contribution is 5.92. The van der Waals surface area contributed by atoms with Crippen LogP contribution in [0.25, 0.3) is 0 Å². The molecule has 166 valence electrons. The third-order valence-electron chi connectivity index (χ3n) is 10.6. The summed E-state index contributed by atoms with van der Waals surface area (Å²) in [5.41, 5.74) is 2.27. The third kappa shape index (κ3) is 2.97. The lowest BCUT2D eigenvalue weighted by Crippen LogP contribution is -2.52. The van der Waals surface area contributed by atoms with Crippen molar-refractivity contribution in [1.82, 2.24) is 0 Å². The molecule has 4 saturated carbocycles. The van der Waals surface area contributed by atoms with Crippen LogP contribution in [0.15, 0.2) is 11.6 Å². The number of allylic oxidation sites excluding steroid dienone is 1. The van der Waals surface area contributed by atoms with Crippen LogP contribution in [0.2, 0.25) is 0 Å². The number of rotatable bonds is 5. The van der Waals surface area contributed by atoms with Crippen molar-refractivity contribution in [2.45, 2.75) is 85.5 Å². The van der Waals surface area contributed by atoms with Gasteiger partial charge in [0.1, 0.15) is 0 Å². The molecule has 5 aliphatic carbocycles. The van der Waals surface area contributed by atoms with Crippen LogP contribution in [0.3, 0.4) is 0 Å². The Kier molecular flexibility index (Phi) is 4.99. The van der Waals surface area contributed by atoms with Crippen molar-refractivity contribution in [2.24, 2.45) is 52.3 Å². The zero-order valence-electron chi connectivity index (χ0n) is 19.4. The number of ether oxygens (including phenoxy) is 1. The van der Waals surface area contributed by atoms with E-state index >= 15 is 0 Å². The minimum Gasteiger partial charge on any atom is -0.466 e. The third-order valence-corrected chi connectivity index (χ3v) is 10.6. The number of carbonyl (C=O) groups excluding carboxylic acids is 2. The van der Waals surface area contributed by atoms with Gasteiger partial charge in [-0.1, -0.05) is 26.3 Å². The summed E-state index contributed by atoms with van der Waals surface area (Å²) in [6, 6.07) is 0. The average molecular weight is 413 g/mol. The van der Waals surface area contributed by atoms with Gasteiger partial charge in [-0.25, -0.2) is 0 Å². The van der Waals surface area contributed by atoms with Crippen molar-refractivity contribution >= 4 is 11.8 Å². The fourth-order valence-electron chi connectivity index (χ4n) is 9.16. The topological polar surface area (TPSA) is 43.4 Å². The molecule has 0 aromatic rings. The van der Waals surface area contributed by atoms with Gasteiger partial charge in [0.15, 0.2) is 5.78 Å². The molecule has 9 atom stereocenters. The van der Waals surface area contributed by atoms with Gasteiger partial charge in [0, 0.05) is 12.8 Å². The summed E-state index contributed by atoms with van der Waals surface area (Å²) in [4.78, 5) is 24.1. The van der Waals surface area contributed by atoms with Gasteiger partial charge < -0.3 is 4.74 Å². The van der Waals surface area contributed by atoms with E-state index in [1.54, 1.807) is 5.57 Å². The normalized spacial score (nSPS) is 47.3. The van der Waals surface area contributed by atoms with Crippen molar-refractivity contribution in [2.75, 3.05) is 6.61 Å². The van der Waals surface area contributed by atoms with Crippen LogP contribution in [-0.4, -0.2) is 18.4 Å². The SMILES string of the molecule is CCOC(=O)CC[C@@H](C)C1CCC2C3C(CC[C@@]21C)[C@@]1(C)CCC(=O)C=C1[C@H]1C[C@@H]31. The Bertz CT molecular complexity index is 768. The van der Waals surface area contributed by atoms with Crippen molar-refractivity contribution in [3.05, 3.63) is 11.6 Å². The van der Waals surface area contributed by atoms with Crippen molar-refractivity contribution in [3.63, 3.8) is 0 Å². The minimum atomic E-state index is -0.0278. The maximum atomic E-state index is 12.2. The molecule has 0 aromatic carbocycles. The number of hydrogen-bond acceptors (Lipinski definition) is 3. The molecule has 0 N–H and O–H groups in total. The van der Waals surface area contributed by atoms with E-state index in [9.17, 15) is 9.59 Å². The van der Waals surface area contributed by atoms with Crippen LogP contribution in [0.1, 0.15) is 85.5 Å². The van der Waals surface area contributed by atoms with Crippen LogP contribution >= 0.6 is 0 Å². The highest BCUT2D eigenvalue weighted by atomic mass is 16.5. The van der Waals surface area contributed by atoms with Crippen LogP contribution < -0.4 is 0 Å².